The molecule has 6 heteroatoms. The molecule has 2 rings (SSSR count). The Kier molecular flexibility index (Phi) is 7.25. The molecule has 1 saturated heterocycles. The third-order valence-corrected chi connectivity index (χ3v) is 4.36. The van der Waals surface area contributed by atoms with Crippen LogP contribution in [-0.2, 0) is 11.2 Å². The number of thiophene rings is 1. The van der Waals surface area contributed by atoms with E-state index in [2.05, 4.69) is 46.7 Å². The summed E-state index contributed by atoms with van der Waals surface area (Å²) in [5.74, 6) is 0.963. The lowest BCUT2D eigenvalue weighted by molar-refractivity contribution is -0.0972. The molecule has 20 heavy (non-hydrogen) atoms. The van der Waals surface area contributed by atoms with Crippen molar-refractivity contribution in [3.05, 3.63) is 22.4 Å². The zero-order chi connectivity index (χ0) is 13.7. The molecule has 114 valence electrons. The molecular weight excluding hydrogens is 385 g/mol. The van der Waals surface area contributed by atoms with Crippen molar-refractivity contribution in [2.75, 3.05) is 40.4 Å². The quantitative estimate of drug-likeness (QED) is 0.461. The average molecular weight is 409 g/mol. The van der Waals surface area contributed by atoms with Crippen molar-refractivity contribution in [3.63, 3.8) is 0 Å². The SMILES string of the molecule is CN=C(NCC1(C)COC1)N(C)CCc1cccs1.I. The maximum absolute atomic E-state index is 5.27. The second-order valence-corrected chi connectivity index (χ2v) is 6.49. The molecule has 1 aromatic heterocycles. The predicted octanol–water partition coefficient (Wildman–Crippen LogP) is 2.45. The van der Waals surface area contributed by atoms with Gasteiger partial charge >= 0.3 is 0 Å². The summed E-state index contributed by atoms with van der Waals surface area (Å²) in [7, 11) is 3.92. The summed E-state index contributed by atoms with van der Waals surface area (Å²) in [6.07, 6.45) is 1.06. The van der Waals surface area contributed by atoms with Gasteiger partial charge in [0.2, 0.25) is 0 Å². The van der Waals surface area contributed by atoms with Gasteiger partial charge in [-0.1, -0.05) is 13.0 Å². The molecule has 0 bridgehead atoms. The van der Waals surface area contributed by atoms with E-state index in [4.69, 9.17) is 4.74 Å². The van der Waals surface area contributed by atoms with E-state index >= 15 is 0 Å². The number of hydrogen-bond acceptors (Lipinski definition) is 3. The van der Waals surface area contributed by atoms with Crippen LogP contribution in [0, 0.1) is 5.41 Å². The zero-order valence-electron chi connectivity index (χ0n) is 12.4. The number of aliphatic imine (C=N–C) groups is 1. The van der Waals surface area contributed by atoms with Crippen LogP contribution in [0.1, 0.15) is 11.8 Å². The van der Waals surface area contributed by atoms with Gasteiger partial charge in [0.15, 0.2) is 5.96 Å². The molecule has 0 amide bonds. The first kappa shape index (κ1) is 17.7. The summed E-state index contributed by atoms with van der Waals surface area (Å²) in [6.45, 7) is 5.82. The molecule has 4 nitrogen and oxygen atoms in total. The van der Waals surface area contributed by atoms with Crippen molar-refractivity contribution in [3.8, 4) is 0 Å². The van der Waals surface area contributed by atoms with Crippen molar-refractivity contribution in [2.45, 2.75) is 13.3 Å². The number of hydrogen-bond donors (Lipinski definition) is 1. The fraction of sp³-hybridized carbons (Fsp3) is 0.643. The Bertz CT molecular complexity index is 418. The number of nitrogens with one attached hydrogen (secondary N) is 1. The first-order valence-electron chi connectivity index (χ1n) is 6.65. The maximum Gasteiger partial charge on any atom is 0.193 e. The van der Waals surface area contributed by atoms with E-state index in [1.54, 1.807) is 0 Å². The van der Waals surface area contributed by atoms with E-state index < -0.39 is 0 Å². The Morgan fingerprint density at radius 1 is 1.55 bits per heavy atom. The monoisotopic (exact) mass is 409 g/mol. The van der Waals surface area contributed by atoms with Gasteiger partial charge in [0.05, 0.1) is 13.2 Å². The fourth-order valence-electron chi connectivity index (χ4n) is 2.07. The number of halogens is 1. The van der Waals surface area contributed by atoms with E-state index in [9.17, 15) is 0 Å². The van der Waals surface area contributed by atoms with Crippen LogP contribution in [-0.4, -0.2) is 51.3 Å². The summed E-state index contributed by atoms with van der Waals surface area (Å²) in [5, 5.41) is 5.57. The van der Waals surface area contributed by atoms with Crippen molar-refractivity contribution in [2.24, 2.45) is 10.4 Å². The van der Waals surface area contributed by atoms with Gasteiger partial charge in [-0.3, -0.25) is 4.99 Å². The van der Waals surface area contributed by atoms with Crippen LogP contribution in [0.3, 0.4) is 0 Å². The lowest BCUT2D eigenvalue weighted by Crippen LogP contribution is -2.51. The number of rotatable bonds is 5. The van der Waals surface area contributed by atoms with E-state index in [1.807, 2.05) is 18.4 Å². The highest BCUT2D eigenvalue weighted by molar-refractivity contribution is 14.0. The topological polar surface area (TPSA) is 36.9 Å². The minimum absolute atomic E-state index is 0. The highest BCUT2D eigenvalue weighted by atomic mass is 127. The Balaban J connectivity index is 0.00000200. The predicted molar refractivity (Wildman–Crippen MR) is 96.4 cm³/mol. The summed E-state index contributed by atoms with van der Waals surface area (Å²) in [4.78, 5) is 7.94. The molecular formula is C14H24IN3OS. The van der Waals surface area contributed by atoms with Crippen molar-refractivity contribution >= 4 is 41.3 Å². The van der Waals surface area contributed by atoms with Gasteiger partial charge in [0, 0.05) is 37.5 Å². The number of likely N-dealkylation sites (N-methyl/N-ethyl adjacent to an activating group) is 1. The summed E-state index contributed by atoms with van der Waals surface area (Å²) >= 11 is 1.81. The average Bonchev–Trinajstić information content (AvgIpc) is 2.88. The lowest BCUT2D eigenvalue weighted by atomic mass is 9.89. The van der Waals surface area contributed by atoms with Gasteiger partial charge in [-0.15, -0.1) is 35.3 Å². The van der Waals surface area contributed by atoms with Gasteiger partial charge in [-0.25, -0.2) is 0 Å². The van der Waals surface area contributed by atoms with Gasteiger partial charge in [0.25, 0.3) is 0 Å². The number of guanidine groups is 1. The molecule has 0 saturated carbocycles. The zero-order valence-corrected chi connectivity index (χ0v) is 15.5. The van der Waals surface area contributed by atoms with Gasteiger partial charge in [0.1, 0.15) is 0 Å². The van der Waals surface area contributed by atoms with Crippen LogP contribution < -0.4 is 5.32 Å². The fourth-order valence-corrected chi connectivity index (χ4v) is 2.77. The maximum atomic E-state index is 5.27. The molecule has 0 aromatic carbocycles. The summed E-state index contributed by atoms with van der Waals surface area (Å²) in [5.41, 5.74) is 0.268. The van der Waals surface area contributed by atoms with E-state index in [-0.39, 0.29) is 29.4 Å². The van der Waals surface area contributed by atoms with Crippen LogP contribution in [0.4, 0.5) is 0 Å². The minimum atomic E-state index is 0. The largest absolute Gasteiger partial charge is 0.380 e. The minimum Gasteiger partial charge on any atom is -0.380 e. The smallest absolute Gasteiger partial charge is 0.193 e. The molecule has 1 aromatic rings. The Labute approximate surface area is 142 Å². The van der Waals surface area contributed by atoms with E-state index in [0.717, 1.165) is 38.7 Å². The molecule has 1 aliphatic rings. The first-order chi connectivity index (χ1) is 9.13. The van der Waals surface area contributed by atoms with Crippen LogP contribution in [0.5, 0.6) is 0 Å². The van der Waals surface area contributed by atoms with Crippen molar-refractivity contribution < 1.29 is 4.74 Å². The standard InChI is InChI=1S/C14H23N3OS.HI/c1-14(10-18-11-14)9-16-13(15-2)17(3)7-6-12-5-4-8-19-12;/h4-5,8H,6-7,9-11H2,1-3H3,(H,15,16);1H. The normalized spacial score (nSPS) is 17.1. The van der Waals surface area contributed by atoms with Gasteiger partial charge < -0.3 is 15.0 Å². The van der Waals surface area contributed by atoms with Crippen LogP contribution >= 0.6 is 35.3 Å². The molecule has 0 radical (unpaired) electrons. The molecule has 1 fully saturated rings. The lowest BCUT2D eigenvalue weighted by Gasteiger charge is -2.39. The van der Waals surface area contributed by atoms with Crippen LogP contribution in [0.25, 0.3) is 0 Å². The molecule has 1 aliphatic heterocycles. The third-order valence-electron chi connectivity index (χ3n) is 3.42. The first-order valence-corrected chi connectivity index (χ1v) is 7.53. The number of ether oxygens (including phenoxy) is 1. The molecule has 0 atom stereocenters. The molecule has 0 aliphatic carbocycles. The Morgan fingerprint density at radius 3 is 2.80 bits per heavy atom. The van der Waals surface area contributed by atoms with Gasteiger partial charge in [-0.05, 0) is 17.9 Å². The second-order valence-electron chi connectivity index (χ2n) is 5.46. The number of nitrogens with zero attached hydrogens (tertiary/aromatic N) is 2. The Hall–Kier alpha value is -0.340. The van der Waals surface area contributed by atoms with Gasteiger partial charge in [-0.2, -0.15) is 0 Å². The van der Waals surface area contributed by atoms with E-state index in [0.29, 0.717) is 0 Å². The molecule has 0 unspecified atom stereocenters. The highest BCUT2D eigenvalue weighted by Gasteiger charge is 2.33. The summed E-state index contributed by atoms with van der Waals surface area (Å²) < 4.78 is 5.27. The van der Waals surface area contributed by atoms with Crippen LogP contribution in [0.15, 0.2) is 22.5 Å². The van der Waals surface area contributed by atoms with Crippen LogP contribution in [0.2, 0.25) is 0 Å². The Morgan fingerprint density at radius 2 is 2.30 bits per heavy atom. The van der Waals surface area contributed by atoms with Crippen molar-refractivity contribution in [1.82, 2.24) is 10.2 Å². The molecule has 0 spiro atoms. The summed E-state index contributed by atoms with van der Waals surface area (Å²) in [6, 6.07) is 4.28. The second kappa shape index (κ2) is 8.19. The molecule has 2 heterocycles. The highest BCUT2D eigenvalue weighted by Crippen LogP contribution is 2.25. The molecule has 1 N–H and O–H groups in total. The van der Waals surface area contributed by atoms with Crippen molar-refractivity contribution in [1.29, 1.82) is 0 Å². The third kappa shape index (κ3) is 4.89. The van der Waals surface area contributed by atoms with E-state index in [1.165, 1.54) is 4.88 Å².